The summed E-state index contributed by atoms with van der Waals surface area (Å²) in [5.41, 5.74) is 7.60. The Balaban J connectivity index is 2.83. The van der Waals surface area contributed by atoms with E-state index in [4.69, 9.17) is 5.73 Å². The number of aryl methyl sites for hydroxylation is 1. The molecule has 0 amide bonds. The standard InChI is InChI=1S/C15H22N2O2S/c1-12(2)8-10-20(18,19)17-15-7-6-14(5-4-9-16)11-13(15)3/h6-7,11-12,17H,8-10,16H2,1-3H3. The molecule has 1 aromatic rings. The van der Waals surface area contributed by atoms with Crippen LogP contribution >= 0.6 is 0 Å². The molecule has 0 unspecified atom stereocenters. The van der Waals surface area contributed by atoms with Gasteiger partial charge in [-0.3, -0.25) is 4.72 Å². The van der Waals surface area contributed by atoms with Gasteiger partial charge in [-0.15, -0.1) is 0 Å². The van der Waals surface area contributed by atoms with Crippen molar-refractivity contribution in [3.63, 3.8) is 0 Å². The van der Waals surface area contributed by atoms with Gasteiger partial charge in [0, 0.05) is 5.56 Å². The molecule has 0 heterocycles. The maximum Gasteiger partial charge on any atom is 0.232 e. The van der Waals surface area contributed by atoms with Crippen LogP contribution in [-0.4, -0.2) is 20.7 Å². The van der Waals surface area contributed by atoms with Crippen molar-refractivity contribution in [3.8, 4) is 11.8 Å². The highest BCUT2D eigenvalue weighted by Crippen LogP contribution is 2.18. The Morgan fingerprint density at radius 2 is 2.05 bits per heavy atom. The molecule has 0 aliphatic carbocycles. The molecule has 4 nitrogen and oxygen atoms in total. The first-order chi connectivity index (χ1) is 9.34. The van der Waals surface area contributed by atoms with Crippen molar-refractivity contribution in [2.45, 2.75) is 27.2 Å². The monoisotopic (exact) mass is 294 g/mol. The molecule has 1 rings (SSSR count). The molecule has 0 saturated heterocycles. The lowest BCUT2D eigenvalue weighted by Gasteiger charge is -2.11. The van der Waals surface area contributed by atoms with Crippen LogP contribution in [-0.2, 0) is 10.0 Å². The van der Waals surface area contributed by atoms with E-state index < -0.39 is 10.0 Å². The van der Waals surface area contributed by atoms with Crippen molar-refractivity contribution in [2.75, 3.05) is 17.0 Å². The number of sulfonamides is 1. The fourth-order valence-corrected chi connectivity index (χ4v) is 3.07. The number of rotatable bonds is 5. The fourth-order valence-electron chi connectivity index (χ4n) is 1.62. The van der Waals surface area contributed by atoms with Crippen LogP contribution in [0, 0.1) is 24.7 Å². The fraction of sp³-hybridized carbons (Fsp3) is 0.467. The van der Waals surface area contributed by atoms with Crippen LogP contribution in [0.1, 0.15) is 31.4 Å². The van der Waals surface area contributed by atoms with E-state index in [1.54, 1.807) is 12.1 Å². The average Bonchev–Trinajstić information content (AvgIpc) is 2.37. The predicted molar refractivity (Wildman–Crippen MR) is 84.0 cm³/mol. The van der Waals surface area contributed by atoms with Crippen LogP contribution in [0.3, 0.4) is 0 Å². The third-order valence-corrected chi connectivity index (χ3v) is 4.09. The Labute approximate surface area is 121 Å². The van der Waals surface area contributed by atoms with Crippen LogP contribution < -0.4 is 10.5 Å². The van der Waals surface area contributed by atoms with Crippen LogP contribution in [0.15, 0.2) is 18.2 Å². The molecule has 0 saturated carbocycles. The third kappa shape index (κ3) is 5.64. The molecule has 0 aromatic heterocycles. The average molecular weight is 294 g/mol. The summed E-state index contributed by atoms with van der Waals surface area (Å²) >= 11 is 0. The van der Waals surface area contributed by atoms with Gasteiger partial charge < -0.3 is 5.73 Å². The second-order valence-corrected chi connectivity index (χ2v) is 6.98. The van der Waals surface area contributed by atoms with Crippen molar-refractivity contribution in [3.05, 3.63) is 29.3 Å². The minimum Gasteiger partial charge on any atom is -0.320 e. The van der Waals surface area contributed by atoms with Gasteiger partial charge in [0.2, 0.25) is 10.0 Å². The number of anilines is 1. The zero-order valence-electron chi connectivity index (χ0n) is 12.2. The number of nitrogens with one attached hydrogen (secondary N) is 1. The minimum absolute atomic E-state index is 0.138. The summed E-state index contributed by atoms with van der Waals surface area (Å²) in [6.45, 7) is 6.17. The van der Waals surface area contributed by atoms with Gasteiger partial charge in [-0.2, -0.15) is 0 Å². The quantitative estimate of drug-likeness (QED) is 0.817. The van der Waals surface area contributed by atoms with E-state index in [1.165, 1.54) is 0 Å². The maximum absolute atomic E-state index is 12.0. The first-order valence-corrected chi connectivity index (χ1v) is 8.29. The van der Waals surface area contributed by atoms with E-state index in [0.717, 1.165) is 11.1 Å². The highest BCUT2D eigenvalue weighted by Gasteiger charge is 2.12. The molecule has 110 valence electrons. The second-order valence-electron chi connectivity index (χ2n) is 5.14. The molecule has 0 atom stereocenters. The van der Waals surface area contributed by atoms with Crippen molar-refractivity contribution < 1.29 is 8.42 Å². The van der Waals surface area contributed by atoms with Crippen molar-refractivity contribution in [2.24, 2.45) is 11.7 Å². The van der Waals surface area contributed by atoms with E-state index in [-0.39, 0.29) is 5.75 Å². The number of hydrogen-bond donors (Lipinski definition) is 2. The molecule has 0 bridgehead atoms. The van der Waals surface area contributed by atoms with Gasteiger partial charge in [-0.05, 0) is 43.0 Å². The Morgan fingerprint density at radius 1 is 1.35 bits per heavy atom. The molecule has 20 heavy (non-hydrogen) atoms. The highest BCUT2D eigenvalue weighted by molar-refractivity contribution is 7.92. The van der Waals surface area contributed by atoms with Gasteiger partial charge in [-0.25, -0.2) is 8.42 Å². The Kier molecular flexibility index (Phi) is 6.05. The predicted octanol–water partition coefficient (Wildman–Crippen LogP) is 2.09. The normalized spacial score (nSPS) is 11.1. The van der Waals surface area contributed by atoms with Gasteiger partial charge in [-0.1, -0.05) is 25.7 Å². The van der Waals surface area contributed by atoms with E-state index in [9.17, 15) is 8.42 Å². The molecule has 0 radical (unpaired) electrons. The molecule has 5 heteroatoms. The maximum atomic E-state index is 12.0. The Bertz CT molecular complexity index is 610. The van der Waals surface area contributed by atoms with E-state index in [1.807, 2.05) is 26.8 Å². The van der Waals surface area contributed by atoms with E-state index in [2.05, 4.69) is 16.6 Å². The van der Waals surface area contributed by atoms with Crippen molar-refractivity contribution >= 4 is 15.7 Å². The van der Waals surface area contributed by atoms with Crippen LogP contribution in [0.4, 0.5) is 5.69 Å². The lowest BCUT2D eigenvalue weighted by Crippen LogP contribution is -2.18. The largest absolute Gasteiger partial charge is 0.320 e. The van der Waals surface area contributed by atoms with Crippen molar-refractivity contribution in [1.29, 1.82) is 0 Å². The van der Waals surface area contributed by atoms with E-state index in [0.29, 0.717) is 24.6 Å². The molecule has 0 fully saturated rings. The third-order valence-electron chi connectivity index (χ3n) is 2.79. The van der Waals surface area contributed by atoms with E-state index >= 15 is 0 Å². The summed E-state index contributed by atoms with van der Waals surface area (Å²) in [6.07, 6.45) is 0.647. The molecule has 0 aliphatic heterocycles. The summed E-state index contributed by atoms with van der Waals surface area (Å²) in [5, 5.41) is 0. The Hall–Kier alpha value is -1.51. The van der Waals surface area contributed by atoms with Crippen LogP contribution in [0.25, 0.3) is 0 Å². The van der Waals surface area contributed by atoms with Gasteiger partial charge in [0.1, 0.15) is 0 Å². The zero-order chi connectivity index (χ0) is 15.2. The first kappa shape index (κ1) is 16.5. The molecular formula is C15H22N2O2S. The smallest absolute Gasteiger partial charge is 0.232 e. The minimum atomic E-state index is -3.29. The second kappa shape index (κ2) is 7.32. The van der Waals surface area contributed by atoms with Gasteiger partial charge >= 0.3 is 0 Å². The van der Waals surface area contributed by atoms with Gasteiger partial charge in [0.25, 0.3) is 0 Å². The summed E-state index contributed by atoms with van der Waals surface area (Å²) in [7, 11) is -3.29. The zero-order valence-corrected chi connectivity index (χ0v) is 13.0. The van der Waals surface area contributed by atoms with Gasteiger partial charge in [0.15, 0.2) is 0 Å². The molecule has 3 N–H and O–H groups in total. The molecule has 0 spiro atoms. The highest BCUT2D eigenvalue weighted by atomic mass is 32.2. The summed E-state index contributed by atoms with van der Waals surface area (Å²) < 4.78 is 26.5. The topological polar surface area (TPSA) is 72.2 Å². The summed E-state index contributed by atoms with van der Waals surface area (Å²) in [5.74, 6) is 6.19. The van der Waals surface area contributed by atoms with Crippen molar-refractivity contribution in [1.82, 2.24) is 0 Å². The van der Waals surface area contributed by atoms with Gasteiger partial charge in [0.05, 0.1) is 18.0 Å². The first-order valence-electron chi connectivity index (χ1n) is 6.64. The summed E-state index contributed by atoms with van der Waals surface area (Å²) in [4.78, 5) is 0. The summed E-state index contributed by atoms with van der Waals surface area (Å²) in [6, 6.07) is 5.38. The lowest BCUT2D eigenvalue weighted by molar-refractivity contribution is 0.578. The number of hydrogen-bond acceptors (Lipinski definition) is 3. The van der Waals surface area contributed by atoms with Crippen LogP contribution in [0.2, 0.25) is 0 Å². The SMILES string of the molecule is Cc1cc(C#CCN)ccc1NS(=O)(=O)CCC(C)C. The molecular weight excluding hydrogens is 272 g/mol. The Morgan fingerprint density at radius 3 is 2.60 bits per heavy atom. The lowest BCUT2D eigenvalue weighted by atomic mass is 10.1. The molecule has 0 aliphatic rings. The van der Waals surface area contributed by atoms with Crippen LogP contribution in [0.5, 0.6) is 0 Å². The molecule has 1 aromatic carbocycles. The number of nitrogens with two attached hydrogens (primary N) is 1. The number of benzene rings is 1.